The molecule has 0 atom stereocenters. The quantitative estimate of drug-likeness (QED) is 0.356. The molecule has 0 fully saturated rings. The van der Waals surface area contributed by atoms with Gasteiger partial charge >= 0.3 is 0 Å². The van der Waals surface area contributed by atoms with Crippen molar-refractivity contribution < 1.29 is 4.79 Å². The molecule has 1 amide bonds. The van der Waals surface area contributed by atoms with Crippen molar-refractivity contribution in [2.45, 2.75) is 11.7 Å². The Morgan fingerprint density at radius 2 is 2.19 bits per heavy atom. The van der Waals surface area contributed by atoms with Crippen LogP contribution in [0.5, 0.6) is 0 Å². The third-order valence-electron chi connectivity index (χ3n) is 3.76. The average molecular weight is 414 g/mol. The van der Waals surface area contributed by atoms with Gasteiger partial charge in [-0.1, -0.05) is 36.0 Å². The maximum atomic E-state index is 12.1. The predicted octanol–water partition coefficient (Wildman–Crippen LogP) is 4.53. The van der Waals surface area contributed by atoms with Crippen molar-refractivity contribution in [2.75, 3.05) is 11.1 Å². The van der Waals surface area contributed by atoms with E-state index in [9.17, 15) is 4.79 Å². The summed E-state index contributed by atoms with van der Waals surface area (Å²) in [6, 6.07) is 8.23. The number of allylic oxidation sites excluding steroid dienone is 1. The second kappa shape index (κ2) is 8.03. The number of carbonyl (C=O) groups is 1. The fraction of sp³-hybridized carbons (Fsp3) is 0.111. The van der Waals surface area contributed by atoms with Gasteiger partial charge in [0.1, 0.15) is 0 Å². The summed E-state index contributed by atoms with van der Waals surface area (Å²) in [6.45, 7) is 4.41. The highest BCUT2D eigenvalue weighted by Crippen LogP contribution is 2.34. The fourth-order valence-corrected chi connectivity index (χ4v) is 4.84. The molecule has 0 spiro atoms. The van der Waals surface area contributed by atoms with Gasteiger partial charge in [0.2, 0.25) is 5.91 Å². The van der Waals surface area contributed by atoms with Gasteiger partial charge in [-0.2, -0.15) is 0 Å². The van der Waals surface area contributed by atoms with Gasteiger partial charge in [-0.25, -0.2) is 4.98 Å². The molecule has 0 bridgehead atoms. The molecule has 1 aromatic carbocycles. The van der Waals surface area contributed by atoms with Crippen molar-refractivity contribution in [1.29, 1.82) is 0 Å². The summed E-state index contributed by atoms with van der Waals surface area (Å²) >= 11 is 4.42. The maximum Gasteiger partial charge on any atom is 0.236 e. The third-order valence-corrected chi connectivity index (χ3v) is 6.38. The summed E-state index contributed by atoms with van der Waals surface area (Å²) in [7, 11) is 0. The third kappa shape index (κ3) is 3.80. The van der Waals surface area contributed by atoms with Crippen molar-refractivity contribution in [3.05, 3.63) is 53.9 Å². The molecule has 0 radical (unpaired) electrons. The van der Waals surface area contributed by atoms with E-state index in [2.05, 4.69) is 44.6 Å². The van der Waals surface area contributed by atoms with E-state index in [0.717, 1.165) is 16.8 Å². The number of thiazole rings is 1. The molecule has 0 unspecified atom stereocenters. The number of benzene rings is 1. The zero-order chi connectivity index (χ0) is 18.6. The largest absolute Gasteiger partial charge is 0.301 e. The molecular weight excluding hydrogens is 398 g/mol. The lowest BCUT2D eigenvalue weighted by Gasteiger charge is -2.07. The SMILES string of the molecule is C=CCn1c(SCC(=O)Nc2nccs2)nnc1-c1csc2ccccc12. The van der Waals surface area contributed by atoms with E-state index in [4.69, 9.17) is 0 Å². The molecule has 27 heavy (non-hydrogen) atoms. The summed E-state index contributed by atoms with van der Waals surface area (Å²) in [6.07, 6.45) is 3.46. The molecule has 3 aromatic heterocycles. The second-order valence-electron chi connectivity index (χ2n) is 5.53. The van der Waals surface area contributed by atoms with Crippen molar-refractivity contribution >= 4 is 55.6 Å². The van der Waals surface area contributed by atoms with E-state index >= 15 is 0 Å². The van der Waals surface area contributed by atoms with Crippen molar-refractivity contribution in [3.63, 3.8) is 0 Å². The van der Waals surface area contributed by atoms with Gasteiger partial charge in [0.15, 0.2) is 16.1 Å². The number of hydrogen-bond acceptors (Lipinski definition) is 7. The minimum atomic E-state index is -0.120. The lowest BCUT2D eigenvalue weighted by Crippen LogP contribution is -2.14. The molecule has 136 valence electrons. The maximum absolute atomic E-state index is 12.1. The highest BCUT2D eigenvalue weighted by molar-refractivity contribution is 7.99. The van der Waals surface area contributed by atoms with E-state index < -0.39 is 0 Å². The van der Waals surface area contributed by atoms with E-state index in [1.165, 1.54) is 27.8 Å². The first-order chi connectivity index (χ1) is 13.3. The summed E-state index contributed by atoms with van der Waals surface area (Å²) in [4.78, 5) is 16.2. The molecule has 0 aliphatic carbocycles. The Hall–Kier alpha value is -2.49. The Balaban J connectivity index is 1.57. The van der Waals surface area contributed by atoms with Crippen LogP contribution in [0.15, 0.2) is 59.0 Å². The van der Waals surface area contributed by atoms with Crippen LogP contribution in [0.25, 0.3) is 21.5 Å². The van der Waals surface area contributed by atoms with Crippen LogP contribution in [0, 0.1) is 0 Å². The average Bonchev–Trinajstić information content (AvgIpc) is 3.40. The van der Waals surface area contributed by atoms with Crippen LogP contribution >= 0.6 is 34.4 Å². The number of thiophene rings is 1. The predicted molar refractivity (Wildman–Crippen MR) is 113 cm³/mol. The molecule has 4 rings (SSSR count). The molecule has 4 aromatic rings. The molecule has 6 nitrogen and oxygen atoms in total. The van der Waals surface area contributed by atoms with Crippen LogP contribution in [0.1, 0.15) is 0 Å². The number of fused-ring (bicyclic) bond motifs is 1. The number of carbonyl (C=O) groups excluding carboxylic acids is 1. The Bertz CT molecular complexity index is 1080. The van der Waals surface area contributed by atoms with Crippen LogP contribution in [-0.4, -0.2) is 31.4 Å². The first kappa shape index (κ1) is 17.9. The molecule has 0 aliphatic rings. The smallest absolute Gasteiger partial charge is 0.236 e. The van der Waals surface area contributed by atoms with Crippen LogP contribution in [0.3, 0.4) is 0 Å². The normalized spacial score (nSPS) is 11.0. The van der Waals surface area contributed by atoms with E-state index in [1.54, 1.807) is 23.6 Å². The Kier molecular flexibility index (Phi) is 5.33. The van der Waals surface area contributed by atoms with Gasteiger partial charge < -0.3 is 5.32 Å². The van der Waals surface area contributed by atoms with E-state index in [0.29, 0.717) is 16.8 Å². The standard InChI is InChI=1S/C18H15N5OS3/c1-2-8-23-16(13-10-26-14-6-4-3-5-12(13)14)21-22-18(23)27-11-15(24)20-17-19-7-9-25-17/h2-7,9-10H,1,8,11H2,(H,19,20,24). The minimum Gasteiger partial charge on any atom is -0.301 e. The molecular formula is C18H15N5OS3. The minimum absolute atomic E-state index is 0.120. The Morgan fingerprint density at radius 3 is 3.00 bits per heavy atom. The number of rotatable bonds is 7. The topological polar surface area (TPSA) is 72.7 Å². The Labute approximate surface area is 168 Å². The summed E-state index contributed by atoms with van der Waals surface area (Å²) in [5, 5.41) is 17.8. The molecule has 9 heteroatoms. The molecule has 3 heterocycles. The zero-order valence-corrected chi connectivity index (χ0v) is 16.6. The highest BCUT2D eigenvalue weighted by atomic mass is 32.2. The van der Waals surface area contributed by atoms with Crippen LogP contribution < -0.4 is 5.32 Å². The summed E-state index contributed by atoms with van der Waals surface area (Å²) < 4.78 is 3.20. The van der Waals surface area contributed by atoms with Gasteiger partial charge in [-0.15, -0.1) is 39.4 Å². The summed E-state index contributed by atoms with van der Waals surface area (Å²) in [5.74, 6) is 0.903. The second-order valence-corrected chi connectivity index (χ2v) is 8.27. The summed E-state index contributed by atoms with van der Waals surface area (Å²) in [5.41, 5.74) is 1.05. The number of aromatic nitrogens is 4. The van der Waals surface area contributed by atoms with E-state index in [1.807, 2.05) is 22.1 Å². The van der Waals surface area contributed by atoms with E-state index in [-0.39, 0.29) is 11.7 Å². The first-order valence-electron chi connectivity index (χ1n) is 8.09. The van der Waals surface area contributed by atoms with Gasteiger partial charge in [0.25, 0.3) is 0 Å². The number of amides is 1. The van der Waals surface area contributed by atoms with Gasteiger partial charge in [-0.05, 0) is 6.07 Å². The number of anilines is 1. The number of thioether (sulfide) groups is 1. The van der Waals surface area contributed by atoms with Gasteiger partial charge in [0, 0.05) is 39.2 Å². The van der Waals surface area contributed by atoms with Gasteiger partial charge in [0.05, 0.1) is 5.75 Å². The molecule has 0 saturated heterocycles. The van der Waals surface area contributed by atoms with Crippen molar-refractivity contribution in [1.82, 2.24) is 19.7 Å². The molecule has 0 saturated carbocycles. The zero-order valence-electron chi connectivity index (χ0n) is 14.2. The molecule has 0 aliphatic heterocycles. The molecule has 1 N–H and O–H groups in total. The fourth-order valence-electron chi connectivity index (χ4n) is 2.61. The highest BCUT2D eigenvalue weighted by Gasteiger charge is 2.17. The van der Waals surface area contributed by atoms with Crippen LogP contribution in [0.4, 0.5) is 5.13 Å². The van der Waals surface area contributed by atoms with Crippen LogP contribution in [-0.2, 0) is 11.3 Å². The number of nitrogens with zero attached hydrogens (tertiary/aromatic N) is 4. The van der Waals surface area contributed by atoms with Crippen LogP contribution in [0.2, 0.25) is 0 Å². The Morgan fingerprint density at radius 1 is 1.30 bits per heavy atom. The lowest BCUT2D eigenvalue weighted by molar-refractivity contribution is -0.113. The van der Waals surface area contributed by atoms with Crippen molar-refractivity contribution in [3.8, 4) is 11.4 Å². The monoisotopic (exact) mass is 413 g/mol. The lowest BCUT2D eigenvalue weighted by atomic mass is 10.1. The number of nitrogens with one attached hydrogen (secondary N) is 1. The van der Waals surface area contributed by atoms with Crippen molar-refractivity contribution in [2.24, 2.45) is 0 Å². The number of hydrogen-bond donors (Lipinski definition) is 1. The van der Waals surface area contributed by atoms with Gasteiger partial charge in [-0.3, -0.25) is 9.36 Å². The first-order valence-corrected chi connectivity index (χ1v) is 10.8.